The lowest BCUT2D eigenvalue weighted by Crippen LogP contribution is -2.32. The van der Waals surface area contributed by atoms with E-state index < -0.39 is 0 Å². The van der Waals surface area contributed by atoms with Crippen LogP contribution in [0.3, 0.4) is 0 Å². The molecule has 1 aromatic rings. The zero-order valence-electron chi connectivity index (χ0n) is 14.0. The van der Waals surface area contributed by atoms with Crippen LogP contribution in [0.2, 0.25) is 0 Å². The predicted molar refractivity (Wildman–Crippen MR) is 90.9 cm³/mol. The molecule has 1 aliphatic rings. The van der Waals surface area contributed by atoms with Crippen molar-refractivity contribution in [3.8, 4) is 0 Å². The van der Waals surface area contributed by atoms with Gasteiger partial charge < -0.3 is 10.2 Å². The summed E-state index contributed by atoms with van der Waals surface area (Å²) in [5.41, 5.74) is 3.82. The Kier molecular flexibility index (Phi) is 6.50. The van der Waals surface area contributed by atoms with Crippen LogP contribution in [-0.4, -0.2) is 24.6 Å². The van der Waals surface area contributed by atoms with E-state index >= 15 is 0 Å². The largest absolute Gasteiger partial charge is 0.371 e. The number of nitrogens with zero attached hydrogens (tertiary/aromatic N) is 2. The van der Waals surface area contributed by atoms with Crippen molar-refractivity contribution < 1.29 is 0 Å². The van der Waals surface area contributed by atoms with Crippen molar-refractivity contribution in [1.82, 2.24) is 10.3 Å². The van der Waals surface area contributed by atoms with E-state index in [2.05, 4.69) is 48.4 Å². The summed E-state index contributed by atoms with van der Waals surface area (Å²) >= 11 is 0. The molecule has 21 heavy (non-hydrogen) atoms. The van der Waals surface area contributed by atoms with Crippen LogP contribution in [0.4, 0.5) is 5.69 Å². The molecule has 1 aliphatic carbocycles. The second-order valence-corrected chi connectivity index (χ2v) is 6.39. The van der Waals surface area contributed by atoms with Gasteiger partial charge in [0.1, 0.15) is 0 Å². The Bertz CT molecular complexity index is 422. The summed E-state index contributed by atoms with van der Waals surface area (Å²) in [7, 11) is 2.27. The van der Waals surface area contributed by atoms with Crippen LogP contribution in [0.25, 0.3) is 0 Å². The molecular formula is C18H31N3. The Morgan fingerprint density at radius 3 is 2.62 bits per heavy atom. The SMILES string of the molecule is CCCNCc1cnc(C)cc1N(C)C1CCCCCC1. The Morgan fingerprint density at radius 2 is 1.95 bits per heavy atom. The van der Waals surface area contributed by atoms with Gasteiger partial charge in [0.05, 0.1) is 0 Å². The zero-order chi connectivity index (χ0) is 15.1. The van der Waals surface area contributed by atoms with E-state index in [1.165, 1.54) is 56.2 Å². The number of aromatic nitrogens is 1. The first kappa shape index (κ1) is 16.3. The van der Waals surface area contributed by atoms with Crippen LogP contribution in [0.15, 0.2) is 12.3 Å². The highest BCUT2D eigenvalue weighted by Gasteiger charge is 2.19. The van der Waals surface area contributed by atoms with Gasteiger partial charge in [-0.3, -0.25) is 4.98 Å². The Hall–Kier alpha value is -1.09. The van der Waals surface area contributed by atoms with Gasteiger partial charge in [-0.15, -0.1) is 0 Å². The molecule has 3 heteroatoms. The van der Waals surface area contributed by atoms with Gasteiger partial charge in [0.2, 0.25) is 0 Å². The maximum absolute atomic E-state index is 4.50. The fourth-order valence-electron chi connectivity index (χ4n) is 3.28. The van der Waals surface area contributed by atoms with Gasteiger partial charge in [-0.2, -0.15) is 0 Å². The molecule has 1 N–H and O–H groups in total. The summed E-state index contributed by atoms with van der Waals surface area (Å²) in [6.07, 6.45) is 11.5. The second-order valence-electron chi connectivity index (χ2n) is 6.39. The molecular weight excluding hydrogens is 258 g/mol. The van der Waals surface area contributed by atoms with Crippen molar-refractivity contribution in [3.05, 3.63) is 23.5 Å². The minimum atomic E-state index is 0.694. The lowest BCUT2D eigenvalue weighted by atomic mass is 10.1. The molecule has 0 aliphatic heterocycles. The van der Waals surface area contributed by atoms with Gasteiger partial charge in [-0.1, -0.05) is 32.6 Å². The minimum Gasteiger partial charge on any atom is -0.371 e. The number of hydrogen-bond donors (Lipinski definition) is 1. The van der Waals surface area contributed by atoms with Crippen LogP contribution >= 0.6 is 0 Å². The molecule has 0 unspecified atom stereocenters. The van der Waals surface area contributed by atoms with Crippen molar-refractivity contribution in [1.29, 1.82) is 0 Å². The summed E-state index contributed by atoms with van der Waals surface area (Å²) in [5.74, 6) is 0. The topological polar surface area (TPSA) is 28.2 Å². The first-order valence-corrected chi connectivity index (χ1v) is 8.61. The molecule has 2 rings (SSSR count). The van der Waals surface area contributed by atoms with Crippen LogP contribution in [0.1, 0.15) is 63.1 Å². The number of hydrogen-bond acceptors (Lipinski definition) is 3. The summed E-state index contributed by atoms with van der Waals surface area (Å²) in [5, 5.41) is 3.51. The Balaban J connectivity index is 2.12. The smallest absolute Gasteiger partial charge is 0.0445 e. The summed E-state index contributed by atoms with van der Waals surface area (Å²) in [6.45, 7) is 6.29. The third kappa shape index (κ3) is 4.70. The lowest BCUT2D eigenvalue weighted by molar-refractivity contribution is 0.550. The number of anilines is 1. The molecule has 0 amide bonds. The first-order chi connectivity index (χ1) is 10.2. The molecule has 1 saturated carbocycles. The second kappa shape index (κ2) is 8.38. The highest BCUT2D eigenvalue weighted by Crippen LogP contribution is 2.28. The first-order valence-electron chi connectivity index (χ1n) is 8.61. The third-order valence-corrected chi connectivity index (χ3v) is 4.59. The molecule has 0 spiro atoms. The molecule has 1 aromatic heterocycles. The number of nitrogens with one attached hydrogen (secondary N) is 1. The summed E-state index contributed by atoms with van der Waals surface area (Å²) < 4.78 is 0. The molecule has 118 valence electrons. The number of rotatable bonds is 6. The van der Waals surface area contributed by atoms with Gasteiger partial charge in [0.25, 0.3) is 0 Å². The van der Waals surface area contributed by atoms with Gasteiger partial charge >= 0.3 is 0 Å². The molecule has 0 radical (unpaired) electrons. The monoisotopic (exact) mass is 289 g/mol. The standard InChI is InChI=1S/C18H31N3/c1-4-11-19-13-16-14-20-15(2)12-18(16)21(3)17-9-7-5-6-8-10-17/h12,14,17,19H,4-11,13H2,1-3H3. The number of pyridine rings is 1. The fourth-order valence-corrected chi connectivity index (χ4v) is 3.28. The summed E-state index contributed by atoms with van der Waals surface area (Å²) in [4.78, 5) is 7.01. The maximum Gasteiger partial charge on any atom is 0.0445 e. The van der Waals surface area contributed by atoms with E-state index in [1.54, 1.807) is 0 Å². The third-order valence-electron chi connectivity index (χ3n) is 4.59. The van der Waals surface area contributed by atoms with Crippen molar-refractivity contribution in [3.63, 3.8) is 0 Å². The van der Waals surface area contributed by atoms with Gasteiger partial charge in [0.15, 0.2) is 0 Å². The van der Waals surface area contributed by atoms with Gasteiger partial charge in [-0.05, 0) is 38.8 Å². The van der Waals surface area contributed by atoms with E-state index in [4.69, 9.17) is 0 Å². The van der Waals surface area contributed by atoms with Crippen LogP contribution in [0.5, 0.6) is 0 Å². The molecule has 1 heterocycles. The van der Waals surface area contributed by atoms with Crippen LogP contribution < -0.4 is 10.2 Å². The van der Waals surface area contributed by atoms with Crippen molar-refractivity contribution in [2.24, 2.45) is 0 Å². The van der Waals surface area contributed by atoms with Crippen LogP contribution in [0, 0.1) is 6.92 Å². The van der Waals surface area contributed by atoms with Crippen molar-refractivity contribution in [2.75, 3.05) is 18.5 Å². The molecule has 0 saturated heterocycles. The summed E-state index contributed by atoms with van der Waals surface area (Å²) in [6, 6.07) is 2.95. The zero-order valence-corrected chi connectivity index (χ0v) is 14.0. The molecule has 0 atom stereocenters. The van der Waals surface area contributed by atoms with Crippen LogP contribution in [-0.2, 0) is 6.54 Å². The average molecular weight is 289 g/mol. The normalized spacial score (nSPS) is 16.7. The maximum atomic E-state index is 4.50. The van der Waals surface area contributed by atoms with E-state index in [1.807, 2.05) is 0 Å². The Labute approximate surface area is 130 Å². The fraction of sp³-hybridized carbons (Fsp3) is 0.722. The molecule has 0 bridgehead atoms. The lowest BCUT2D eigenvalue weighted by Gasteiger charge is -2.31. The highest BCUT2D eigenvalue weighted by molar-refractivity contribution is 5.53. The van der Waals surface area contributed by atoms with Gasteiger partial charge in [0, 0.05) is 42.8 Å². The van der Waals surface area contributed by atoms with Crippen molar-refractivity contribution in [2.45, 2.75) is 71.4 Å². The average Bonchev–Trinajstić information content (AvgIpc) is 2.77. The van der Waals surface area contributed by atoms with E-state index in [9.17, 15) is 0 Å². The van der Waals surface area contributed by atoms with E-state index in [0.29, 0.717) is 6.04 Å². The minimum absolute atomic E-state index is 0.694. The quantitative estimate of drug-likeness (QED) is 0.632. The predicted octanol–water partition coefficient (Wildman–Crippen LogP) is 4.05. The highest BCUT2D eigenvalue weighted by atomic mass is 15.1. The number of aryl methyl sites for hydroxylation is 1. The van der Waals surface area contributed by atoms with E-state index in [0.717, 1.165) is 18.8 Å². The Morgan fingerprint density at radius 1 is 1.24 bits per heavy atom. The molecule has 1 fully saturated rings. The van der Waals surface area contributed by atoms with Gasteiger partial charge in [-0.25, -0.2) is 0 Å². The molecule has 3 nitrogen and oxygen atoms in total. The molecule has 0 aromatic carbocycles. The van der Waals surface area contributed by atoms with E-state index in [-0.39, 0.29) is 0 Å². The van der Waals surface area contributed by atoms with Crippen molar-refractivity contribution >= 4 is 5.69 Å².